The average Bonchev–Trinajstić information content (AvgIpc) is 0.850. The van der Waals surface area contributed by atoms with E-state index in [1.807, 2.05) is 58.1 Å². The Morgan fingerprint density at radius 3 is 2.17 bits per heavy atom. The van der Waals surface area contributed by atoms with Gasteiger partial charge in [0.1, 0.15) is 36.2 Å². The number of carbonyl (C=O) groups excluding carboxylic acids is 7. The summed E-state index contributed by atoms with van der Waals surface area (Å²) in [5.74, 6) is -7.45. The number of piperazine rings is 1. The molecule has 2 amide bonds. The Kier molecular flexibility index (Phi) is 25.1. The molecule has 5 aliphatic heterocycles. The van der Waals surface area contributed by atoms with Crippen molar-refractivity contribution in [3.8, 4) is 0 Å². The number of rotatable bonds is 10. The van der Waals surface area contributed by atoms with Crippen LogP contribution in [0.5, 0.6) is 0 Å². The molecular weight excluding hydrogens is 1180 g/mol. The first kappa shape index (κ1) is 71.2. The molecule has 23 nitrogen and oxygen atoms in total. The molecule has 2 aromatic rings. The quantitative estimate of drug-likeness (QED) is 0.101. The van der Waals surface area contributed by atoms with Gasteiger partial charge in [-0.3, -0.25) is 24.0 Å². The third-order valence-electron chi connectivity index (χ3n) is 19.8. The van der Waals surface area contributed by atoms with Crippen LogP contribution in [0.3, 0.4) is 0 Å². The van der Waals surface area contributed by atoms with Crippen molar-refractivity contribution in [1.29, 1.82) is 0 Å². The number of Topliss-reactive ketones (excluding diaryl/α,β-unsaturated/α-hetero) is 4. The number of aromatic nitrogens is 4. The summed E-state index contributed by atoms with van der Waals surface area (Å²) < 4.78 is 36.4. The molecular formula is C69H98N8O15. The summed E-state index contributed by atoms with van der Waals surface area (Å²) in [7, 11) is 4.53. The van der Waals surface area contributed by atoms with E-state index in [4.69, 9.17) is 38.4 Å². The van der Waals surface area contributed by atoms with Gasteiger partial charge in [0, 0.05) is 122 Å². The lowest BCUT2D eigenvalue weighted by molar-refractivity contribution is -0.265. The summed E-state index contributed by atoms with van der Waals surface area (Å²) in [4.78, 5) is 123. The first-order chi connectivity index (χ1) is 43.9. The number of aliphatic hydroxyl groups excluding tert-OH is 1. The van der Waals surface area contributed by atoms with Gasteiger partial charge in [0.2, 0.25) is 17.7 Å². The molecule has 7 heterocycles. The van der Waals surface area contributed by atoms with E-state index in [-0.39, 0.29) is 55.1 Å². The number of nitrogens with zero attached hydrogens (tertiary/aromatic N) is 8. The molecule has 15 atom stereocenters. The number of methoxy groups -OCH3 is 3. The first-order valence-corrected chi connectivity index (χ1v) is 33.0. The van der Waals surface area contributed by atoms with Crippen LogP contribution in [0.15, 0.2) is 66.2 Å². The van der Waals surface area contributed by atoms with Crippen LogP contribution in [-0.4, -0.2) is 196 Å². The van der Waals surface area contributed by atoms with Crippen LogP contribution in [0.4, 0.5) is 16.7 Å². The first-order valence-electron chi connectivity index (χ1n) is 33.0. The molecule has 0 aromatic carbocycles. The fraction of sp³-hybridized carbons (Fsp3) is 0.667. The van der Waals surface area contributed by atoms with Crippen molar-refractivity contribution in [3.63, 3.8) is 0 Å². The summed E-state index contributed by atoms with van der Waals surface area (Å²) >= 11 is 0. The molecule has 0 spiro atoms. The van der Waals surface area contributed by atoms with E-state index < -0.39 is 102 Å². The molecule has 1 aliphatic carbocycles. The number of aliphatic hydroxyl groups is 2. The van der Waals surface area contributed by atoms with Gasteiger partial charge < -0.3 is 58.2 Å². The maximum atomic E-state index is 14.8. The monoisotopic (exact) mass is 1280 g/mol. The summed E-state index contributed by atoms with van der Waals surface area (Å²) in [5, 5.41) is 23.8. The highest BCUT2D eigenvalue weighted by Crippen LogP contribution is 2.39. The number of piperidine rings is 1. The Balaban J connectivity index is 0.951. The van der Waals surface area contributed by atoms with Crippen LogP contribution in [0, 0.1) is 35.5 Å². The van der Waals surface area contributed by atoms with Gasteiger partial charge in [-0.05, 0) is 114 Å². The lowest BCUT2D eigenvalue weighted by atomic mass is 9.78. The van der Waals surface area contributed by atoms with E-state index in [2.05, 4.69) is 19.8 Å². The van der Waals surface area contributed by atoms with E-state index in [0.717, 1.165) is 16.8 Å². The van der Waals surface area contributed by atoms with Crippen molar-refractivity contribution in [1.82, 2.24) is 29.7 Å². The SMILES string of the molecule is CO[C@H]1C[C@@H]2CC[C@@H](C)[C@@](O)(O2)C(=O)C(=O)N2CCCC[C@H]2C(=O)O[C@H]([C@H](C)C[C@@H]2CC[C@@H](OC(=O)N3CCc4nc(N5CCN(c6ncc(C(C)=O)cn6)CC5)ncc4C3)[C@H](OC)C2)CC(=O)[C@H](C)/C=C(\C)[C@@H](O)[C@@H](OC)C(=O)[C@H](C)C[C@H](C)/C=C/C=C/C=C/1C. The predicted molar refractivity (Wildman–Crippen MR) is 342 cm³/mol. The van der Waals surface area contributed by atoms with Crippen LogP contribution < -0.4 is 9.80 Å². The van der Waals surface area contributed by atoms with Gasteiger partial charge >= 0.3 is 12.1 Å². The van der Waals surface area contributed by atoms with Crippen LogP contribution in [0.25, 0.3) is 0 Å². The maximum absolute atomic E-state index is 14.8. The lowest BCUT2D eigenvalue weighted by Gasteiger charge is -2.42. The van der Waals surface area contributed by atoms with Gasteiger partial charge in [0.05, 0.1) is 36.1 Å². The Labute approximate surface area is 541 Å². The van der Waals surface area contributed by atoms with Gasteiger partial charge in [0.15, 0.2) is 11.6 Å². The largest absolute Gasteiger partial charge is 0.460 e. The number of hydrogen-bond donors (Lipinski definition) is 2. The zero-order valence-electron chi connectivity index (χ0n) is 55.7. The number of allylic oxidation sites excluding steroid dienone is 6. The zero-order valence-corrected chi connectivity index (χ0v) is 55.7. The highest BCUT2D eigenvalue weighted by Gasteiger charge is 2.53. The van der Waals surface area contributed by atoms with Crippen LogP contribution >= 0.6 is 0 Å². The van der Waals surface area contributed by atoms with Crippen molar-refractivity contribution in [3.05, 3.63) is 83.0 Å². The molecule has 92 heavy (non-hydrogen) atoms. The number of hydrogen-bond acceptors (Lipinski definition) is 21. The number of amides is 2. The third kappa shape index (κ3) is 17.6. The Hall–Kier alpha value is -6.63. The van der Waals surface area contributed by atoms with Crippen molar-refractivity contribution in [2.45, 2.75) is 200 Å². The standard InChI is InChI=1S/C69H98N8O15/c1-41-17-13-12-14-18-42(2)57(87-9)35-52-22-20-47(7)69(86,92-52)63(82)64(83)77-25-16-15-19-54(77)65(84)90-58(36-55(79)43(3)32-46(6)61(81)62(89-11)60(80)45(5)31-41)44(4)33-49-21-23-56(59(34-49)88-10)91-68(85)76-26-24-53-51(40-76)39-72-67(73-53)75-29-27-74(28-30-75)66-70-37-50(38-71-66)48(8)78/h12-14,17-18,32,37-39,41,43-45,47,49,52,54,56-59,61-62,81,86H,15-16,19-31,33-36,40H2,1-11H3/b14-12+,17-13+,42-18+,46-32+/t41-,43-,44-,45-,47-,49+,52+,54+,56-,57+,58+,59-,61-,62+,69-/m1/s1. The van der Waals surface area contributed by atoms with E-state index in [1.165, 1.54) is 18.9 Å². The predicted octanol–water partition coefficient (Wildman–Crippen LogP) is 7.49. The minimum absolute atomic E-state index is 0.0109. The molecule has 2 bridgehead atoms. The molecule has 2 N–H and O–H groups in total. The topological polar surface area (TPSA) is 280 Å². The van der Waals surface area contributed by atoms with E-state index in [1.54, 1.807) is 64.6 Å². The number of ether oxygens (including phenoxy) is 6. The molecule has 6 aliphatic rings. The Morgan fingerprint density at radius 1 is 0.783 bits per heavy atom. The smallest absolute Gasteiger partial charge is 0.410 e. The second kappa shape index (κ2) is 32.5. The van der Waals surface area contributed by atoms with Gasteiger partial charge in [-0.15, -0.1) is 0 Å². The van der Waals surface area contributed by atoms with Gasteiger partial charge in [-0.25, -0.2) is 29.5 Å². The van der Waals surface area contributed by atoms with Crippen molar-refractivity contribution in [2.24, 2.45) is 35.5 Å². The van der Waals surface area contributed by atoms with E-state index in [9.17, 15) is 43.8 Å². The van der Waals surface area contributed by atoms with Gasteiger partial charge in [-0.1, -0.05) is 71.1 Å². The van der Waals surface area contributed by atoms with Crippen LogP contribution in [0.2, 0.25) is 0 Å². The molecule has 3 saturated heterocycles. The Morgan fingerprint density at radius 2 is 1.49 bits per heavy atom. The third-order valence-corrected chi connectivity index (χ3v) is 19.8. The fourth-order valence-corrected chi connectivity index (χ4v) is 13.8. The minimum Gasteiger partial charge on any atom is -0.460 e. The number of fused-ring (bicyclic) bond motifs is 4. The number of cyclic esters (lactones) is 1. The molecule has 4 fully saturated rings. The normalized spacial score (nSPS) is 33.7. The number of carbonyl (C=O) groups is 7. The summed E-state index contributed by atoms with van der Waals surface area (Å²) in [6, 6.07) is -1.20. The summed E-state index contributed by atoms with van der Waals surface area (Å²) in [6.07, 6.45) is 15.1. The highest BCUT2D eigenvalue weighted by atomic mass is 16.6. The van der Waals surface area contributed by atoms with Crippen molar-refractivity contribution >= 4 is 53.0 Å². The van der Waals surface area contributed by atoms with Gasteiger partial charge in [-0.2, -0.15) is 0 Å². The molecule has 8 rings (SSSR count). The number of anilines is 2. The zero-order chi connectivity index (χ0) is 66.6. The van der Waals surface area contributed by atoms with Crippen LogP contribution in [-0.2, 0) is 65.4 Å². The van der Waals surface area contributed by atoms with Crippen molar-refractivity contribution < 1.29 is 72.2 Å². The summed E-state index contributed by atoms with van der Waals surface area (Å²) in [6.45, 7) is 17.4. The fourth-order valence-electron chi connectivity index (χ4n) is 13.8. The number of esters is 1. The van der Waals surface area contributed by atoms with E-state index >= 15 is 0 Å². The molecule has 1 saturated carbocycles. The van der Waals surface area contributed by atoms with Crippen molar-refractivity contribution in [2.75, 3.05) is 70.4 Å². The summed E-state index contributed by atoms with van der Waals surface area (Å²) in [5.41, 5.74) is 3.40. The molecule has 504 valence electrons. The average molecular weight is 1280 g/mol. The molecule has 23 heteroatoms. The lowest BCUT2D eigenvalue weighted by Crippen LogP contribution is -2.61. The second-order valence-electron chi connectivity index (χ2n) is 26.6. The maximum Gasteiger partial charge on any atom is 0.410 e. The molecule has 2 aromatic heterocycles. The molecule has 0 radical (unpaired) electrons. The Bertz CT molecular complexity index is 3060. The molecule has 0 unspecified atom stereocenters. The van der Waals surface area contributed by atoms with Crippen LogP contribution in [0.1, 0.15) is 154 Å². The van der Waals surface area contributed by atoms with Gasteiger partial charge in [0.25, 0.3) is 11.7 Å². The second-order valence-corrected chi connectivity index (χ2v) is 26.6. The minimum atomic E-state index is -2.47. The number of ketones is 4. The highest BCUT2D eigenvalue weighted by molar-refractivity contribution is 6.39. The van der Waals surface area contributed by atoms with E-state index in [0.29, 0.717) is 126 Å².